The second-order valence-electron chi connectivity index (χ2n) is 3.77. The highest BCUT2D eigenvalue weighted by molar-refractivity contribution is 5.92. The van der Waals surface area contributed by atoms with Crippen molar-refractivity contribution in [2.45, 2.75) is 12.5 Å². The van der Waals surface area contributed by atoms with Crippen molar-refractivity contribution in [3.05, 3.63) is 18.1 Å². The predicted octanol–water partition coefficient (Wildman–Crippen LogP) is -0.0142. The summed E-state index contributed by atoms with van der Waals surface area (Å²) in [5.74, 6) is 0.750. The van der Waals surface area contributed by atoms with Crippen molar-refractivity contribution in [2.24, 2.45) is 5.73 Å². The lowest BCUT2D eigenvalue weighted by atomic mass is 10.3. The van der Waals surface area contributed by atoms with Crippen LogP contribution in [0.1, 0.15) is 12.1 Å². The van der Waals surface area contributed by atoms with Crippen LogP contribution in [-0.2, 0) is 4.74 Å². The Labute approximate surface area is 94.0 Å². The van der Waals surface area contributed by atoms with Crippen LogP contribution in [0.4, 0.5) is 5.82 Å². The molecule has 1 fully saturated rings. The van der Waals surface area contributed by atoms with Gasteiger partial charge in [0.2, 0.25) is 0 Å². The van der Waals surface area contributed by atoms with Gasteiger partial charge >= 0.3 is 0 Å². The van der Waals surface area contributed by atoms with Crippen molar-refractivity contribution < 1.29 is 4.74 Å². The molecule has 1 atom stereocenters. The van der Waals surface area contributed by atoms with Crippen LogP contribution in [0.3, 0.4) is 0 Å². The molecular weight excluding hydrogens is 206 g/mol. The van der Waals surface area contributed by atoms with Gasteiger partial charge in [-0.2, -0.15) is 0 Å². The first-order chi connectivity index (χ1) is 7.70. The fraction of sp³-hybridized carbons (Fsp3) is 0.500. The molecule has 1 unspecified atom stereocenters. The van der Waals surface area contributed by atoms with E-state index in [1.807, 2.05) is 0 Å². The third kappa shape index (κ3) is 2.11. The van der Waals surface area contributed by atoms with Gasteiger partial charge < -0.3 is 15.4 Å². The van der Waals surface area contributed by atoms with Crippen LogP contribution in [0.2, 0.25) is 0 Å². The summed E-state index contributed by atoms with van der Waals surface area (Å²) in [6, 6.07) is 0. The minimum absolute atomic E-state index is 0.0600. The van der Waals surface area contributed by atoms with Crippen LogP contribution in [0.25, 0.3) is 0 Å². The standard InChI is InChI=1S/C10H15N5O/c1-16-7-2-3-15(6-7)9-5-13-8(4-14-9)10(11)12/h4-5,7H,2-3,6H2,1H3,(H3,11,12). The zero-order valence-electron chi connectivity index (χ0n) is 9.18. The summed E-state index contributed by atoms with van der Waals surface area (Å²) in [5.41, 5.74) is 5.72. The van der Waals surface area contributed by atoms with E-state index in [4.69, 9.17) is 15.9 Å². The smallest absolute Gasteiger partial charge is 0.147 e. The topological polar surface area (TPSA) is 88.1 Å². The van der Waals surface area contributed by atoms with E-state index in [0.29, 0.717) is 5.69 Å². The number of nitrogens with zero attached hydrogens (tertiary/aromatic N) is 3. The van der Waals surface area contributed by atoms with Gasteiger partial charge in [0.1, 0.15) is 17.3 Å². The Morgan fingerprint density at radius 3 is 2.88 bits per heavy atom. The van der Waals surface area contributed by atoms with Gasteiger partial charge in [0.05, 0.1) is 18.5 Å². The first kappa shape index (κ1) is 10.8. The summed E-state index contributed by atoms with van der Waals surface area (Å²) in [6.45, 7) is 1.76. The fourth-order valence-electron chi connectivity index (χ4n) is 1.75. The van der Waals surface area contributed by atoms with Crippen LogP contribution in [0, 0.1) is 5.41 Å². The lowest BCUT2D eigenvalue weighted by Gasteiger charge is -2.16. The maximum absolute atomic E-state index is 7.22. The molecule has 1 aliphatic heterocycles. The molecule has 6 heteroatoms. The van der Waals surface area contributed by atoms with Crippen LogP contribution in [0.15, 0.2) is 12.4 Å². The Hall–Kier alpha value is -1.69. The lowest BCUT2D eigenvalue weighted by molar-refractivity contribution is 0.121. The van der Waals surface area contributed by atoms with Crippen molar-refractivity contribution in [1.29, 1.82) is 5.41 Å². The van der Waals surface area contributed by atoms with Gasteiger partial charge in [-0.3, -0.25) is 5.41 Å². The highest BCUT2D eigenvalue weighted by atomic mass is 16.5. The largest absolute Gasteiger partial charge is 0.382 e. The Bertz CT molecular complexity index is 377. The second kappa shape index (κ2) is 4.44. The first-order valence-corrected chi connectivity index (χ1v) is 5.15. The quantitative estimate of drug-likeness (QED) is 0.553. The molecular formula is C10H15N5O. The molecule has 1 saturated heterocycles. The molecule has 0 saturated carbocycles. The van der Waals surface area contributed by atoms with Crippen molar-refractivity contribution >= 4 is 11.7 Å². The Morgan fingerprint density at radius 1 is 1.56 bits per heavy atom. The van der Waals surface area contributed by atoms with Gasteiger partial charge in [-0.25, -0.2) is 9.97 Å². The van der Waals surface area contributed by atoms with Gasteiger partial charge in [0.15, 0.2) is 0 Å². The summed E-state index contributed by atoms with van der Waals surface area (Å²) in [6.07, 6.45) is 4.45. The first-order valence-electron chi connectivity index (χ1n) is 5.15. The molecule has 3 N–H and O–H groups in total. The number of anilines is 1. The van der Waals surface area contributed by atoms with Crippen LogP contribution in [0.5, 0.6) is 0 Å². The third-order valence-electron chi connectivity index (χ3n) is 2.72. The van der Waals surface area contributed by atoms with Gasteiger partial charge in [0.25, 0.3) is 0 Å². The van der Waals surface area contributed by atoms with Gasteiger partial charge in [0, 0.05) is 20.2 Å². The van der Waals surface area contributed by atoms with E-state index in [1.54, 1.807) is 13.3 Å². The van der Waals surface area contributed by atoms with Crippen molar-refractivity contribution in [2.75, 3.05) is 25.1 Å². The molecule has 2 heterocycles. The second-order valence-corrected chi connectivity index (χ2v) is 3.77. The van der Waals surface area contributed by atoms with Crippen molar-refractivity contribution in [3.63, 3.8) is 0 Å². The minimum Gasteiger partial charge on any atom is -0.382 e. The molecule has 6 nitrogen and oxygen atoms in total. The molecule has 0 aromatic carbocycles. The van der Waals surface area contributed by atoms with E-state index in [0.717, 1.165) is 25.3 Å². The number of rotatable bonds is 3. The number of amidine groups is 1. The maximum atomic E-state index is 7.22. The van der Waals surface area contributed by atoms with E-state index in [9.17, 15) is 0 Å². The van der Waals surface area contributed by atoms with E-state index >= 15 is 0 Å². The zero-order chi connectivity index (χ0) is 11.5. The van der Waals surface area contributed by atoms with Gasteiger partial charge in [-0.05, 0) is 6.42 Å². The number of nitrogens with two attached hydrogens (primary N) is 1. The average Bonchev–Trinajstić information content (AvgIpc) is 2.77. The number of methoxy groups -OCH3 is 1. The van der Waals surface area contributed by atoms with Crippen LogP contribution in [-0.4, -0.2) is 42.1 Å². The Balaban J connectivity index is 2.08. The monoisotopic (exact) mass is 221 g/mol. The molecule has 1 aromatic heterocycles. The highest BCUT2D eigenvalue weighted by Gasteiger charge is 2.23. The summed E-state index contributed by atoms with van der Waals surface area (Å²) >= 11 is 0. The molecule has 1 aliphatic rings. The predicted molar refractivity (Wildman–Crippen MR) is 60.7 cm³/mol. The van der Waals surface area contributed by atoms with E-state index in [2.05, 4.69) is 14.9 Å². The van der Waals surface area contributed by atoms with Gasteiger partial charge in [-0.1, -0.05) is 0 Å². The fourth-order valence-corrected chi connectivity index (χ4v) is 1.75. The molecule has 0 bridgehead atoms. The summed E-state index contributed by atoms with van der Waals surface area (Å²) in [5, 5.41) is 7.22. The Kier molecular flexibility index (Phi) is 3.00. The third-order valence-corrected chi connectivity index (χ3v) is 2.72. The van der Waals surface area contributed by atoms with Crippen molar-refractivity contribution in [1.82, 2.24) is 9.97 Å². The van der Waals surface area contributed by atoms with E-state index in [-0.39, 0.29) is 11.9 Å². The molecule has 0 amide bonds. The van der Waals surface area contributed by atoms with E-state index in [1.165, 1.54) is 6.20 Å². The summed E-state index contributed by atoms with van der Waals surface area (Å²) in [4.78, 5) is 10.4. The van der Waals surface area contributed by atoms with Crippen molar-refractivity contribution in [3.8, 4) is 0 Å². The SMILES string of the molecule is COC1CCN(c2cnc(C(=N)N)cn2)C1. The number of hydrogen-bond acceptors (Lipinski definition) is 5. The van der Waals surface area contributed by atoms with Crippen LogP contribution >= 0.6 is 0 Å². The molecule has 86 valence electrons. The minimum atomic E-state index is -0.0600. The molecule has 0 radical (unpaired) electrons. The summed E-state index contributed by atoms with van der Waals surface area (Å²) < 4.78 is 5.28. The Morgan fingerprint density at radius 2 is 2.38 bits per heavy atom. The number of hydrogen-bond donors (Lipinski definition) is 2. The number of ether oxygens (including phenoxy) is 1. The van der Waals surface area contributed by atoms with Crippen LogP contribution < -0.4 is 10.6 Å². The maximum Gasteiger partial charge on any atom is 0.147 e. The highest BCUT2D eigenvalue weighted by Crippen LogP contribution is 2.18. The van der Waals surface area contributed by atoms with Gasteiger partial charge in [-0.15, -0.1) is 0 Å². The number of nitrogen functional groups attached to an aromatic ring is 1. The molecule has 16 heavy (non-hydrogen) atoms. The molecule has 0 aliphatic carbocycles. The molecule has 0 spiro atoms. The average molecular weight is 221 g/mol. The molecule has 2 rings (SSSR count). The van der Waals surface area contributed by atoms with E-state index < -0.39 is 0 Å². The normalized spacial score (nSPS) is 20.1. The zero-order valence-corrected chi connectivity index (χ0v) is 9.18. The lowest BCUT2D eigenvalue weighted by Crippen LogP contribution is -2.23. The number of aromatic nitrogens is 2. The molecule has 1 aromatic rings. The number of nitrogens with one attached hydrogen (secondary N) is 1. The summed E-state index contributed by atoms with van der Waals surface area (Å²) in [7, 11) is 1.72.